The normalized spacial score (nSPS) is 14.3. The Hall–Kier alpha value is -0.0900. The van der Waals surface area contributed by atoms with Crippen LogP contribution in [0.1, 0.15) is 20.8 Å². The topological polar surface area (TPSA) is 20.3 Å². The van der Waals surface area contributed by atoms with Crippen molar-refractivity contribution in [3.8, 4) is 0 Å². The van der Waals surface area contributed by atoms with E-state index in [4.69, 9.17) is 23.4 Å². The Morgan fingerprint density at radius 1 is 1.27 bits per heavy atom. The average molecular weight is 266 g/mol. The van der Waals surface area contributed by atoms with Crippen LogP contribution in [0.25, 0.3) is 0 Å². The molecule has 0 heterocycles. The summed E-state index contributed by atoms with van der Waals surface area (Å²) in [6.45, 7) is 5.65. The van der Waals surface area contributed by atoms with Crippen molar-refractivity contribution in [1.29, 1.82) is 0 Å². The molecule has 0 amide bonds. The number of hydrogen-bond donors (Lipinski definition) is 0. The molecule has 0 spiro atoms. The molecule has 1 unspecified atom stereocenters. The predicted octanol–water partition coefficient (Wildman–Crippen LogP) is 3.62. The van der Waals surface area contributed by atoms with Crippen LogP contribution in [0, 0.1) is 0 Å². The third-order valence-electron chi connectivity index (χ3n) is 1.70. The lowest BCUT2D eigenvalue weighted by Crippen LogP contribution is -2.35. The van der Waals surface area contributed by atoms with Gasteiger partial charge in [0.05, 0.1) is 9.92 Å². The molecular weight excluding hydrogens is 253 g/mol. The monoisotopic (exact) mass is 265 g/mol. The third kappa shape index (κ3) is 3.18. The van der Waals surface area contributed by atoms with Crippen LogP contribution < -0.4 is 0 Å². The first-order chi connectivity index (χ1) is 6.84. The first-order valence-electron chi connectivity index (χ1n) is 4.46. The molecule has 0 saturated carbocycles. The fourth-order valence-electron chi connectivity index (χ4n) is 0.921. The van der Waals surface area contributed by atoms with Crippen molar-refractivity contribution >= 4 is 34.4 Å². The van der Waals surface area contributed by atoms with E-state index in [0.29, 0.717) is 9.92 Å². The van der Waals surface area contributed by atoms with Crippen molar-refractivity contribution < 1.29 is 4.21 Å². The number of rotatable bonds is 2. The van der Waals surface area contributed by atoms with Crippen LogP contribution >= 0.6 is 23.4 Å². The zero-order chi connectivity index (χ0) is 11.6. The molecule has 0 fully saturated rings. The highest BCUT2D eigenvalue weighted by molar-refractivity contribution is 7.83. The van der Waals surface area contributed by atoms with Gasteiger partial charge in [0.1, 0.15) is 11.0 Å². The van der Waals surface area contributed by atoms with E-state index in [0.717, 1.165) is 0 Å². The van der Waals surface area contributed by atoms with Gasteiger partial charge in [-0.25, -0.2) is 4.21 Å². The minimum Gasteiger partial charge on any atom is -0.236 e. The van der Waals surface area contributed by atoms with E-state index in [1.807, 2.05) is 20.8 Å². The van der Waals surface area contributed by atoms with Crippen molar-refractivity contribution in [1.82, 2.24) is 3.82 Å². The fraction of sp³-hybridized carbons (Fsp3) is 0.400. The van der Waals surface area contributed by atoms with Crippen molar-refractivity contribution in [2.45, 2.75) is 31.2 Å². The third-order valence-corrected chi connectivity index (χ3v) is 4.59. The number of hydrogen-bond acceptors (Lipinski definition) is 1. The van der Waals surface area contributed by atoms with Gasteiger partial charge in [-0.15, -0.1) is 3.82 Å². The highest BCUT2D eigenvalue weighted by Gasteiger charge is 2.27. The summed E-state index contributed by atoms with van der Waals surface area (Å²) < 4.78 is 13.3. The molecule has 1 aromatic rings. The van der Waals surface area contributed by atoms with E-state index in [1.165, 1.54) is 3.82 Å². The molecule has 1 rings (SSSR count). The molecule has 1 aromatic carbocycles. The number of benzene rings is 1. The van der Waals surface area contributed by atoms with E-state index < -0.39 is 11.0 Å². The second kappa shape index (κ2) is 4.83. The van der Waals surface area contributed by atoms with Gasteiger partial charge in [0.2, 0.25) is 0 Å². The lowest BCUT2D eigenvalue weighted by Gasteiger charge is -2.27. The van der Waals surface area contributed by atoms with Gasteiger partial charge in [0.15, 0.2) is 0 Å². The maximum absolute atomic E-state index is 12.0. The smallest absolute Gasteiger partial charge is 0.144 e. The molecule has 0 aliphatic rings. The standard InChI is InChI=1S/C10H13Cl2NOS/c1-10(2,3)13(12)15(14)9-7-5-4-6-8(9)11/h4-7H,1-3H3. The molecule has 2 nitrogen and oxygen atoms in total. The van der Waals surface area contributed by atoms with Gasteiger partial charge in [-0.05, 0) is 44.7 Å². The number of nitrogens with zero attached hydrogens (tertiary/aromatic N) is 1. The maximum Gasteiger partial charge on any atom is 0.144 e. The van der Waals surface area contributed by atoms with E-state index in [-0.39, 0.29) is 5.54 Å². The Labute approximate surface area is 103 Å². The molecule has 0 N–H and O–H groups in total. The molecule has 84 valence electrons. The predicted molar refractivity (Wildman–Crippen MR) is 65.3 cm³/mol. The van der Waals surface area contributed by atoms with Crippen LogP contribution in [0.4, 0.5) is 0 Å². The first-order valence-corrected chi connectivity index (χ1v) is 6.29. The summed E-state index contributed by atoms with van der Waals surface area (Å²) in [5, 5.41) is 0.464. The summed E-state index contributed by atoms with van der Waals surface area (Å²) in [6.07, 6.45) is 0. The maximum atomic E-state index is 12.0. The Bertz CT molecular complexity index is 376. The van der Waals surface area contributed by atoms with Crippen LogP contribution in [-0.4, -0.2) is 13.6 Å². The summed E-state index contributed by atoms with van der Waals surface area (Å²) in [5.41, 5.74) is -0.383. The molecule has 0 radical (unpaired) electrons. The molecule has 15 heavy (non-hydrogen) atoms. The molecular formula is C10H13Cl2NOS. The average Bonchev–Trinajstić information content (AvgIpc) is 2.15. The fourth-order valence-corrected chi connectivity index (χ4v) is 2.58. The lowest BCUT2D eigenvalue weighted by atomic mass is 10.1. The van der Waals surface area contributed by atoms with E-state index in [9.17, 15) is 4.21 Å². The zero-order valence-electron chi connectivity index (χ0n) is 8.83. The largest absolute Gasteiger partial charge is 0.236 e. The van der Waals surface area contributed by atoms with E-state index >= 15 is 0 Å². The quantitative estimate of drug-likeness (QED) is 0.749. The van der Waals surface area contributed by atoms with Crippen molar-refractivity contribution in [2.24, 2.45) is 0 Å². The highest BCUT2D eigenvalue weighted by atomic mass is 35.5. The number of halogens is 2. The lowest BCUT2D eigenvalue weighted by molar-refractivity contribution is 0.387. The minimum absolute atomic E-state index is 0.383. The first kappa shape index (κ1) is 13.0. The van der Waals surface area contributed by atoms with Crippen molar-refractivity contribution in [2.75, 3.05) is 0 Å². The molecule has 5 heteroatoms. The van der Waals surface area contributed by atoms with E-state index in [2.05, 4.69) is 0 Å². The van der Waals surface area contributed by atoms with Crippen molar-refractivity contribution in [3.63, 3.8) is 0 Å². The Morgan fingerprint density at radius 2 is 1.80 bits per heavy atom. The molecule has 0 saturated heterocycles. The van der Waals surface area contributed by atoms with E-state index in [1.54, 1.807) is 24.3 Å². The van der Waals surface area contributed by atoms with Crippen LogP contribution in [-0.2, 0) is 11.0 Å². The highest BCUT2D eigenvalue weighted by Crippen LogP contribution is 2.27. The van der Waals surface area contributed by atoms with Gasteiger partial charge in [0, 0.05) is 5.54 Å². The van der Waals surface area contributed by atoms with Crippen LogP contribution in [0.5, 0.6) is 0 Å². The van der Waals surface area contributed by atoms with Crippen LogP contribution in [0.3, 0.4) is 0 Å². The van der Waals surface area contributed by atoms with Gasteiger partial charge >= 0.3 is 0 Å². The molecule has 0 aromatic heterocycles. The van der Waals surface area contributed by atoms with Gasteiger partial charge in [-0.1, -0.05) is 23.7 Å². The van der Waals surface area contributed by atoms with Crippen LogP contribution in [0.15, 0.2) is 29.2 Å². The SMILES string of the molecule is CC(C)(C)N(Cl)S(=O)c1ccccc1Cl. The minimum atomic E-state index is -1.44. The van der Waals surface area contributed by atoms with Gasteiger partial charge in [-0.3, -0.25) is 0 Å². The van der Waals surface area contributed by atoms with Gasteiger partial charge < -0.3 is 0 Å². The summed E-state index contributed by atoms with van der Waals surface area (Å²) in [5.74, 6) is 0. The van der Waals surface area contributed by atoms with Gasteiger partial charge in [0.25, 0.3) is 0 Å². The van der Waals surface area contributed by atoms with Gasteiger partial charge in [-0.2, -0.15) is 0 Å². The van der Waals surface area contributed by atoms with Crippen molar-refractivity contribution in [3.05, 3.63) is 29.3 Å². The summed E-state index contributed by atoms with van der Waals surface area (Å²) >= 11 is 11.9. The zero-order valence-corrected chi connectivity index (χ0v) is 11.2. The molecule has 1 atom stereocenters. The Morgan fingerprint density at radius 3 is 2.27 bits per heavy atom. The second-order valence-electron chi connectivity index (χ2n) is 4.10. The molecule has 0 aliphatic heterocycles. The second-order valence-corrected chi connectivity index (χ2v) is 6.34. The summed E-state index contributed by atoms with van der Waals surface area (Å²) in [6, 6.07) is 6.98. The summed E-state index contributed by atoms with van der Waals surface area (Å²) in [7, 11) is -1.44. The molecule has 0 bridgehead atoms. The Kier molecular flexibility index (Phi) is 4.18. The molecule has 0 aliphatic carbocycles. The summed E-state index contributed by atoms with van der Waals surface area (Å²) in [4.78, 5) is 0.532. The Balaban J connectivity index is 3.01. The van der Waals surface area contributed by atoms with Crippen LogP contribution in [0.2, 0.25) is 5.02 Å².